The van der Waals surface area contributed by atoms with Gasteiger partial charge in [0.05, 0.1) is 29.8 Å². The summed E-state index contributed by atoms with van der Waals surface area (Å²) in [5.74, 6) is -2.44. The second-order valence-electron chi connectivity index (χ2n) is 11.9. The minimum Gasteiger partial charge on any atom is -1.00 e. The first-order chi connectivity index (χ1) is 26.2. The third kappa shape index (κ3) is 8.82. The number of nitrogens with zero attached hydrogens (tertiary/aromatic N) is 3. The summed E-state index contributed by atoms with van der Waals surface area (Å²) in [7, 11) is 1.49. The van der Waals surface area contributed by atoms with Gasteiger partial charge in [0.2, 0.25) is 0 Å². The minimum absolute atomic E-state index is 0. The molecule has 7 aromatic rings. The number of carbonyl (C=O) groups is 2. The molecule has 55 heavy (non-hydrogen) atoms. The maximum Gasteiger partial charge on any atom is 1.00 e. The maximum atomic E-state index is 14.6. The predicted molar refractivity (Wildman–Crippen MR) is 200 cm³/mol. The van der Waals surface area contributed by atoms with Crippen molar-refractivity contribution in [3.63, 3.8) is 0 Å². The zero-order valence-electron chi connectivity index (χ0n) is 30.3. The van der Waals surface area contributed by atoms with Crippen molar-refractivity contribution >= 4 is 49.7 Å². The van der Waals surface area contributed by atoms with Gasteiger partial charge < -0.3 is 20.4 Å². The van der Waals surface area contributed by atoms with Gasteiger partial charge in [-0.3, -0.25) is 0 Å². The van der Waals surface area contributed by atoms with Gasteiger partial charge in [-0.1, -0.05) is 64.5 Å². The van der Waals surface area contributed by atoms with E-state index < -0.39 is 23.6 Å². The van der Waals surface area contributed by atoms with Gasteiger partial charge >= 0.3 is 41.5 Å². The zero-order chi connectivity index (χ0) is 37.8. The number of aromatic nitrogens is 2. The topological polar surface area (TPSA) is 121 Å². The fourth-order valence-electron chi connectivity index (χ4n) is 5.67. The second kappa shape index (κ2) is 17.2. The Balaban J connectivity index is 0.00000300. The SMILES string of the molecule is COc1ccc2nc(C(=O)OC(=O)c3cc(OCc4ccc(-c5ccccc5C#N)cc4)c4cc(F)ccc4n3)cc(OCc3ccc(Br)cc3F)c2c1.[H-].[Na+]. The van der Waals surface area contributed by atoms with E-state index in [9.17, 15) is 23.6 Å². The van der Waals surface area contributed by atoms with E-state index in [0.29, 0.717) is 32.1 Å². The van der Waals surface area contributed by atoms with E-state index >= 15 is 0 Å². The van der Waals surface area contributed by atoms with Crippen molar-refractivity contribution in [1.29, 1.82) is 5.26 Å². The molecule has 0 aliphatic heterocycles. The number of hydrogen-bond donors (Lipinski definition) is 0. The van der Waals surface area contributed by atoms with Crippen LogP contribution in [0.25, 0.3) is 32.9 Å². The molecule has 13 heteroatoms. The quantitative estimate of drug-likeness (QED) is 0.0851. The molecule has 0 fully saturated rings. The molecular formula is C42H27BrF2N3NaO6. The molecule has 0 aliphatic rings. The van der Waals surface area contributed by atoms with Gasteiger partial charge in [-0.2, -0.15) is 5.26 Å². The van der Waals surface area contributed by atoms with E-state index in [4.69, 9.17) is 18.9 Å². The number of ether oxygens (including phenoxy) is 4. The van der Waals surface area contributed by atoms with Crippen LogP contribution in [0.4, 0.5) is 8.78 Å². The fourth-order valence-corrected chi connectivity index (χ4v) is 6.01. The molecular weight excluding hydrogens is 783 g/mol. The van der Waals surface area contributed by atoms with Crippen molar-refractivity contribution in [2.45, 2.75) is 13.2 Å². The van der Waals surface area contributed by atoms with E-state index in [-0.39, 0.29) is 78.2 Å². The monoisotopic (exact) mass is 809 g/mol. The fraction of sp³-hybridized carbons (Fsp3) is 0.0714. The van der Waals surface area contributed by atoms with E-state index in [1.807, 2.05) is 36.4 Å². The Bertz CT molecular complexity index is 2640. The Kier molecular flexibility index (Phi) is 12.2. The summed E-state index contributed by atoms with van der Waals surface area (Å²) >= 11 is 3.24. The van der Waals surface area contributed by atoms with Crippen LogP contribution in [0.2, 0.25) is 0 Å². The molecule has 0 spiro atoms. The van der Waals surface area contributed by atoms with Gasteiger partial charge in [-0.25, -0.2) is 28.3 Å². The second-order valence-corrected chi connectivity index (χ2v) is 12.8. The zero-order valence-corrected chi connectivity index (χ0v) is 32.9. The Labute approximate surface area is 345 Å². The molecule has 0 unspecified atom stereocenters. The average molecular weight is 811 g/mol. The van der Waals surface area contributed by atoms with Crippen molar-refractivity contribution in [2.75, 3.05) is 7.11 Å². The van der Waals surface area contributed by atoms with Crippen LogP contribution in [-0.4, -0.2) is 29.0 Å². The molecule has 7 rings (SSSR count). The molecule has 0 saturated heterocycles. The first kappa shape index (κ1) is 39.0. The van der Waals surface area contributed by atoms with Gasteiger partial charge in [0.15, 0.2) is 11.4 Å². The summed E-state index contributed by atoms with van der Waals surface area (Å²) in [5.41, 5.74) is 3.24. The summed E-state index contributed by atoms with van der Waals surface area (Å²) in [4.78, 5) is 35.5. The first-order valence-electron chi connectivity index (χ1n) is 16.3. The van der Waals surface area contributed by atoms with Crippen molar-refractivity contribution in [3.05, 3.63) is 159 Å². The number of esters is 2. The van der Waals surface area contributed by atoms with Crippen molar-refractivity contribution in [3.8, 4) is 34.4 Å². The molecule has 2 heterocycles. The number of hydrogen-bond acceptors (Lipinski definition) is 9. The van der Waals surface area contributed by atoms with Crippen molar-refractivity contribution in [2.24, 2.45) is 0 Å². The van der Waals surface area contributed by atoms with E-state index in [0.717, 1.165) is 16.7 Å². The average Bonchev–Trinajstić information content (AvgIpc) is 3.19. The van der Waals surface area contributed by atoms with Crippen molar-refractivity contribution in [1.82, 2.24) is 9.97 Å². The minimum atomic E-state index is -1.10. The number of nitriles is 1. The largest absolute Gasteiger partial charge is 1.00 e. The molecule has 0 atom stereocenters. The van der Waals surface area contributed by atoms with Crippen LogP contribution in [-0.2, 0) is 18.0 Å². The third-order valence-electron chi connectivity index (χ3n) is 8.42. The van der Waals surface area contributed by atoms with Crippen LogP contribution < -0.4 is 43.8 Å². The summed E-state index contributed by atoms with van der Waals surface area (Å²) in [6, 6.07) is 32.7. The summed E-state index contributed by atoms with van der Waals surface area (Å²) in [6.45, 7) is -0.130. The van der Waals surface area contributed by atoms with Crippen LogP contribution in [0.5, 0.6) is 17.2 Å². The van der Waals surface area contributed by atoms with Crippen LogP contribution in [0.3, 0.4) is 0 Å². The molecule has 5 aromatic carbocycles. The standard InChI is InChI=1S/C42H26BrF2N3O6.Na.H/c1-51-30-13-15-36-33(18-30)40(53-23-27-10-11-28(43)16-34(27)45)20-38(48-36)42(50)54-41(49)37-19-39(32-17-29(44)12-14-35(32)47-37)52-22-24-6-8-25(9-7-24)31-5-3-2-4-26(31)21-46;;/h2-20H,22-23H2,1H3;;/q;+1;-1. The van der Waals surface area contributed by atoms with E-state index in [2.05, 4.69) is 32.0 Å². The van der Waals surface area contributed by atoms with Gasteiger partial charge in [0, 0.05) is 32.9 Å². The number of rotatable bonds is 10. The number of carbonyl (C=O) groups excluding carboxylic acids is 2. The Morgan fingerprint density at radius 1 is 0.764 bits per heavy atom. The van der Waals surface area contributed by atoms with Gasteiger partial charge in [0.25, 0.3) is 0 Å². The van der Waals surface area contributed by atoms with Crippen LogP contribution >= 0.6 is 15.9 Å². The first-order valence-corrected chi connectivity index (χ1v) is 17.1. The molecule has 9 nitrogen and oxygen atoms in total. The van der Waals surface area contributed by atoms with E-state index in [1.54, 1.807) is 42.5 Å². The predicted octanol–water partition coefficient (Wildman–Crippen LogP) is 6.64. The van der Waals surface area contributed by atoms with Gasteiger partial charge in [0.1, 0.15) is 42.1 Å². The molecule has 0 N–H and O–H groups in total. The molecule has 0 aliphatic carbocycles. The number of benzene rings is 5. The van der Waals surface area contributed by atoms with Crippen LogP contribution in [0.15, 0.2) is 120 Å². The molecule has 0 bridgehead atoms. The molecule has 0 saturated carbocycles. The Morgan fingerprint density at radius 2 is 1.40 bits per heavy atom. The third-order valence-corrected chi connectivity index (χ3v) is 8.91. The summed E-state index contributed by atoms with van der Waals surface area (Å²) in [5, 5.41) is 10.2. The summed E-state index contributed by atoms with van der Waals surface area (Å²) < 4.78 is 52.1. The van der Waals surface area contributed by atoms with Crippen molar-refractivity contribution < 1.29 is 68.3 Å². The molecule has 0 radical (unpaired) electrons. The molecule has 268 valence electrons. The van der Waals surface area contributed by atoms with Gasteiger partial charge in [-0.05, 0) is 71.3 Å². The Morgan fingerprint density at radius 3 is 2.05 bits per heavy atom. The number of pyridine rings is 2. The van der Waals surface area contributed by atoms with E-state index in [1.165, 1.54) is 43.5 Å². The molecule has 2 aromatic heterocycles. The van der Waals surface area contributed by atoms with Gasteiger partial charge in [-0.15, -0.1) is 0 Å². The molecule has 0 amide bonds. The number of methoxy groups -OCH3 is 1. The summed E-state index contributed by atoms with van der Waals surface area (Å²) in [6.07, 6.45) is 0. The number of halogens is 3. The maximum absolute atomic E-state index is 14.6. The van der Waals surface area contributed by atoms with Crippen LogP contribution in [0.1, 0.15) is 39.1 Å². The number of fused-ring (bicyclic) bond motifs is 2. The Hall–Kier alpha value is -5.71. The normalized spacial score (nSPS) is 10.7. The smallest absolute Gasteiger partial charge is 1.00 e. The van der Waals surface area contributed by atoms with Crippen LogP contribution in [0, 0.1) is 23.0 Å².